The Balaban J connectivity index is 0.984. The van der Waals surface area contributed by atoms with E-state index in [1.54, 1.807) is 0 Å². The molecule has 0 bridgehead atoms. The first-order valence-electron chi connectivity index (χ1n) is 21.1. The van der Waals surface area contributed by atoms with E-state index in [0.717, 1.165) is 62.9 Å². The van der Waals surface area contributed by atoms with Gasteiger partial charge in [-0.05, 0) is 129 Å². The number of hydrogen-bond donors (Lipinski definition) is 0. The summed E-state index contributed by atoms with van der Waals surface area (Å²) in [5.74, 6) is 0.208. The minimum absolute atomic E-state index is 0.208. The Morgan fingerprint density at radius 2 is 1.52 bits per heavy atom. The van der Waals surface area contributed by atoms with Crippen LogP contribution in [0.4, 0.5) is 0 Å². The SMILES string of the molecule is C=Cc1c(-c2ccccc2C)ccc2c(-c3cccc(-c4ccc5ccc(/C(C)=C/C=C6/C=Cc7ccc(C8=CCCC=C8)nc7C6C)cc5c4)c3)nc3ccccc3c12. The van der Waals surface area contributed by atoms with E-state index in [4.69, 9.17) is 9.97 Å². The molecule has 8 aromatic rings. The van der Waals surface area contributed by atoms with E-state index in [1.165, 1.54) is 66.3 Å². The lowest BCUT2D eigenvalue weighted by atomic mass is 9.87. The predicted molar refractivity (Wildman–Crippen MR) is 258 cm³/mol. The molecule has 288 valence electrons. The van der Waals surface area contributed by atoms with Crippen molar-refractivity contribution in [3.05, 3.63) is 216 Å². The van der Waals surface area contributed by atoms with E-state index in [1.807, 2.05) is 6.08 Å². The van der Waals surface area contributed by atoms with Gasteiger partial charge in [0.2, 0.25) is 0 Å². The van der Waals surface area contributed by atoms with Gasteiger partial charge in [-0.2, -0.15) is 0 Å². The predicted octanol–water partition coefficient (Wildman–Crippen LogP) is 15.8. The van der Waals surface area contributed by atoms with E-state index in [-0.39, 0.29) is 5.92 Å². The fourth-order valence-electron chi connectivity index (χ4n) is 9.07. The summed E-state index contributed by atoms with van der Waals surface area (Å²) in [5, 5.41) is 5.88. The minimum atomic E-state index is 0.208. The third-order valence-electron chi connectivity index (χ3n) is 12.5. The molecular formula is C58H46N2. The maximum Gasteiger partial charge on any atom is 0.0788 e. The van der Waals surface area contributed by atoms with E-state index < -0.39 is 0 Å². The van der Waals surface area contributed by atoms with Gasteiger partial charge in [0.25, 0.3) is 0 Å². The molecule has 0 saturated carbocycles. The highest BCUT2D eigenvalue weighted by Gasteiger charge is 2.20. The lowest BCUT2D eigenvalue weighted by molar-refractivity contribution is 0.855. The zero-order valence-corrected chi connectivity index (χ0v) is 34.4. The quantitative estimate of drug-likeness (QED) is 0.151. The maximum atomic E-state index is 5.32. The van der Waals surface area contributed by atoms with Crippen LogP contribution >= 0.6 is 0 Å². The summed E-state index contributed by atoms with van der Waals surface area (Å²) in [6.45, 7) is 11.0. The Bertz CT molecular complexity index is 3200. The number of nitrogens with zero attached hydrogens (tertiary/aromatic N) is 2. The second-order valence-electron chi connectivity index (χ2n) is 16.2. The van der Waals surface area contributed by atoms with Crippen LogP contribution in [0, 0.1) is 6.92 Å². The molecule has 1 atom stereocenters. The van der Waals surface area contributed by atoms with E-state index in [9.17, 15) is 0 Å². The van der Waals surface area contributed by atoms with Gasteiger partial charge in [-0.3, -0.25) is 4.98 Å². The Hall–Kier alpha value is -7.16. The number of fused-ring (bicyclic) bond motifs is 5. The number of para-hydroxylation sites is 1. The molecule has 6 aromatic carbocycles. The standard InChI is InChI=1S/C58H46N2/c1-5-49-51(50-19-10-9-14-38(50)3)31-32-53-56(49)52-20-11-12-21-55(52)60-58(53)47-18-13-17-45(35-47)46-29-26-41-25-28-44(34-48(41)36-46)37(2)22-23-40-24-27-43-30-33-54(59-57(43)39(40)4)42-15-7-6-8-16-42/h5,7,9-36,39H,1,6,8H2,2-4H3/b37-22+,40-23-. The summed E-state index contributed by atoms with van der Waals surface area (Å²) in [5.41, 5.74) is 18.5. The van der Waals surface area contributed by atoms with Crippen LogP contribution in [0.15, 0.2) is 182 Å². The molecule has 2 aliphatic rings. The van der Waals surface area contributed by atoms with Gasteiger partial charge < -0.3 is 0 Å². The van der Waals surface area contributed by atoms with Crippen LogP contribution in [0.5, 0.6) is 0 Å². The number of aromatic nitrogens is 2. The molecule has 2 aliphatic carbocycles. The van der Waals surface area contributed by atoms with Crippen molar-refractivity contribution >= 4 is 55.7 Å². The lowest BCUT2D eigenvalue weighted by Crippen LogP contribution is -2.08. The van der Waals surface area contributed by atoms with Crippen LogP contribution in [0.25, 0.3) is 89.3 Å². The van der Waals surface area contributed by atoms with Crippen molar-refractivity contribution in [3.8, 4) is 33.5 Å². The molecular weight excluding hydrogens is 725 g/mol. The van der Waals surface area contributed by atoms with Gasteiger partial charge in [-0.25, -0.2) is 4.98 Å². The number of rotatable bonds is 7. The van der Waals surface area contributed by atoms with Gasteiger partial charge in [0, 0.05) is 27.6 Å². The zero-order valence-electron chi connectivity index (χ0n) is 34.4. The smallest absolute Gasteiger partial charge is 0.0788 e. The van der Waals surface area contributed by atoms with Crippen molar-refractivity contribution in [1.82, 2.24) is 9.97 Å². The Morgan fingerprint density at radius 3 is 2.38 bits per heavy atom. The van der Waals surface area contributed by atoms with Crippen LogP contribution in [-0.2, 0) is 0 Å². The summed E-state index contributed by atoms with van der Waals surface area (Å²) in [7, 11) is 0. The molecule has 0 amide bonds. The normalized spacial score (nSPS) is 15.8. The van der Waals surface area contributed by atoms with Crippen molar-refractivity contribution in [1.29, 1.82) is 0 Å². The second-order valence-corrected chi connectivity index (χ2v) is 16.2. The number of aryl methyl sites for hydroxylation is 1. The Morgan fingerprint density at radius 1 is 0.683 bits per heavy atom. The lowest BCUT2D eigenvalue weighted by Gasteiger charge is -2.21. The van der Waals surface area contributed by atoms with E-state index >= 15 is 0 Å². The molecule has 0 aliphatic heterocycles. The van der Waals surface area contributed by atoms with Gasteiger partial charge in [-0.15, -0.1) is 0 Å². The van der Waals surface area contributed by atoms with Crippen LogP contribution in [0.2, 0.25) is 0 Å². The highest BCUT2D eigenvalue weighted by atomic mass is 14.7. The van der Waals surface area contributed by atoms with Gasteiger partial charge in [0.15, 0.2) is 0 Å². The number of benzene rings is 6. The van der Waals surface area contributed by atoms with Gasteiger partial charge >= 0.3 is 0 Å². The largest absolute Gasteiger partial charge is 0.252 e. The summed E-state index contributed by atoms with van der Waals surface area (Å²) in [6, 6.07) is 48.4. The second kappa shape index (κ2) is 15.5. The van der Waals surface area contributed by atoms with Gasteiger partial charge in [0.05, 0.1) is 22.6 Å². The van der Waals surface area contributed by atoms with Gasteiger partial charge in [-0.1, -0.05) is 165 Å². The summed E-state index contributed by atoms with van der Waals surface area (Å²) < 4.78 is 0. The molecule has 2 heterocycles. The first-order valence-corrected chi connectivity index (χ1v) is 21.1. The molecule has 60 heavy (non-hydrogen) atoms. The summed E-state index contributed by atoms with van der Waals surface area (Å²) in [6.07, 6.45) is 19.9. The van der Waals surface area contributed by atoms with E-state index in [0.29, 0.717) is 0 Å². The van der Waals surface area contributed by atoms with Crippen molar-refractivity contribution in [2.24, 2.45) is 0 Å². The number of pyridine rings is 2. The third-order valence-corrected chi connectivity index (χ3v) is 12.5. The molecule has 10 rings (SSSR count). The molecule has 0 N–H and O–H groups in total. The van der Waals surface area contributed by atoms with E-state index in [2.05, 4.69) is 203 Å². The molecule has 1 unspecified atom stereocenters. The zero-order chi connectivity index (χ0) is 40.7. The topological polar surface area (TPSA) is 25.8 Å². The van der Waals surface area contributed by atoms with Gasteiger partial charge in [0.1, 0.15) is 0 Å². The maximum absolute atomic E-state index is 5.32. The average molecular weight is 771 g/mol. The Kier molecular flexibility index (Phi) is 9.62. The third kappa shape index (κ3) is 6.74. The van der Waals surface area contributed by atoms with Crippen molar-refractivity contribution in [3.63, 3.8) is 0 Å². The summed E-state index contributed by atoms with van der Waals surface area (Å²) >= 11 is 0. The fraction of sp³-hybridized carbons (Fsp3) is 0.103. The van der Waals surface area contributed by atoms with Crippen LogP contribution < -0.4 is 0 Å². The highest BCUT2D eigenvalue weighted by Crippen LogP contribution is 2.41. The van der Waals surface area contributed by atoms with Crippen LogP contribution in [0.3, 0.4) is 0 Å². The van der Waals surface area contributed by atoms with Crippen molar-refractivity contribution in [2.45, 2.75) is 39.5 Å². The Labute approximate surface area is 353 Å². The molecule has 0 radical (unpaired) electrons. The monoisotopic (exact) mass is 770 g/mol. The molecule has 2 aromatic heterocycles. The number of allylic oxidation sites excluding steroid dienone is 9. The van der Waals surface area contributed by atoms with Crippen LogP contribution in [-0.4, -0.2) is 9.97 Å². The first-order chi connectivity index (χ1) is 29.4. The molecule has 0 saturated heterocycles. The highest BCUT2D eigenvalue weighted by molar-refractivity contribution is 6.16. The molecule has 2 nitrogen and oxygen atoms in total. The first kappa shape index (κ1) is 37.1. The molecule has 0 spiro atoms. The van der Waals surface area contributed by atoms with Crippen LogP contribution in [0.1, 0.15) is 66.2 Å². The fourth-order valence-corrected chi connectivity index (χ4v) is 9.07. The molecule has 0 fully saturated rings. The van der Waals surface area contributed by atoms with Crippen molar-refractivity contribution in [2.75, 3.05) is 0 Å². The summed E-state index contributed by atoms with van der Waals surface area (Å²) in [4.78, 5) is 10.5. The van der Waals surface area contributed by atoms with Crippen molar-refractivity contribution < 1.29 is 0 Å². The minimum Gasteiger partial charge on any atom is -0.252 e. The average Bonchev–Trinajstić information content (AvgIpc) is 3.30. The number of hydrogen-bond acceptors (Lipinski definition) is 2. The molecule has 2 heteroatoms.